The van der Waals surface area contributed by atoms with E-state index in [1.165, 1.54) is 76.2 Å². The second-order valence-electron chi connectivity index (χ2n) is 10.6. The summed E-state index contributed by atoms with van der Waals surface area (Å²) in [6.07, 6.45) is 0. The van der Waals surface area contributed by atoms with Crippen LogP contribution in [0.3, 0.4) is 0 Å². The molecule has 4 aromatic carbocycles. The number of ketones is 4. The van der Waals surface area contributed by atoms with Crippen LogP contribution < -0.4 is 0 Å². The predicted octanol–water partition coefficient (Wildman–Crippen LogP) is 14.5. The maximum Gasteiger partial charge on any atom is 0.160 e. The number of hydrogen-bond donors (Lipinski definition) is 0. The highest BCUT2D eigenvalue weighted by Crippen LogP contribution is 2.34. The van der Waals surface area contributed by atoms with E-state index in [9.17, 15) is 36.7 Å². The van der Waals surface area contributed by atoms with Crippen molar-refractivity contribution in [3.8, 4) is 0 Å². The summed E-state index contributed by atoms with van der Waals surface area (Å²) in [5.41, 5.74) is 4.77. The molecule has 0 unspecified atom stereocenters. The van der Waals surface area contributed by atoms with Gasteiger partial charge >= 0.3 is 0 Å². The lowest BCUT2D eigenvalue weighted by molar-refractivity contribution is 0.100. The summed E-state index contributed by atoms with van der Waals surface area (Å²) in [5.74, 6) is -1.65. The van der Waals surface area contributed by atoms with Gasteiger partial charge in [0.1, 0.15) is 23.3 Å². The fraction of sp³-hybridized carbons (Fsp3) is 0.222. The van der Waals surface area contributed by atoms with Gasteiger partial charge in [-0.05, 0) is 176 Å². The van der Waals surface area contributed by atoms with Gasteiger partial charge in [0.25, 0.3) is 0 Å². The van der Waals surface area contributed by atoms with Gasteiger partial charge in [0.05, 0.1) is 21.6 Å². The van der Waals surface area contributed by atoms with E-state index in [2.05, 4.69) is 112 Å². The van der Waals surface area contributed by atoms with Crippen LogP contribution in [0, 0.1) is 37.1 Å². The first-order valence-electron chi connectivity index (χ1n) is 14.3. The summed E-state index contributed by atoms with van der Waals surface area (Å²) in [6, 6.07) is 11.4. The second kappa shape index (κ2) is 22.1. The number of halogens is 11. The van der Waals surface area contributed by atoms with Crippen molar-refractivity contribution in [2.75, 3.05) is 0 Å². The Hall–Kier alpha value is -1.36. The molecule has 0 aliphatic rings. The van der Waals surface area contributed by atoms with Crippen LogP contribution in [-0.2, 0) is 5.33 Å². The van der Waals surface area contributed by atoms with E-state index in [0.29, 0.717) is 67.7 Å². The molecule has 4 aromatic rings. The van der Waals surface area contributed by atoms with Crippen molar-refractivity contribution in [2.24, 2.45) is 0 Å². The average molecular weight is 1160 g/mol. The molecule has 0 heterocycles. The zero-order chi connectivity index (χ0) is 39.5. The number of aryl methyl sites for hydroxylation is 2. The number of Topliss-reactive ketones (excluding diaryl/α,β-unsaturated/α-hetero) is 4. The largest absolute Gasteiger partial charge is 0.295 e. The molecule has 0 aliphatic heterocycles. The highest BCUT2D eigenvalue weighted by molar-refractivity contribution is 9.24. The third kappa shape index (κ3) is 14.8. The molecule has 4 rings (SSSR count). The third-order valence-electron chi connectivity index (χ3n) is 6.67. The molecule has 274 valence electrons. The van der Waals surface area contributed by atoms with Gasteiger partial charge in [-0.3, -0.25) is 19.2 Å². The monoisotopic (exact) mass is 1150 g/mol. The van der Waals surface area contributed by atoms with Gasteiger partial charge in [0.15, 0.2) is 23.1 Å². The van der Waals surface area contributed by atoms with Crippen molar-refractivity contribution in [3.05, 3.63) is 134 Å². The summed E-state index contributed by atoms with van der Waals surface area (Å²) in [7, 11) is 0. The Morgan fingerprint density at radius 2 is 0.804 bits per heavy atom. The number of carbonyl (C=O) groups excluding carboxylic acids is 4. The lowest BCUT2D eigenvalue weighted by atomic mass is 10.1. The summed E-state index contributed by atoms with van der Waals surface area (Å²) in [4.78, 5) is 44.3. The Morgan fingerprint density at radius 1 is 0.510 bits per heavy atom. The van der Waals surface area contributed by atoms with Gasteiger partial charge in [-0.2, -0.15) is 0 Å². The van der Waals surface area contributed by atoms with Crippen molar-refractivity contribution in [1.82, 2.24) is 0 Å². The molecule has 0 aliphatic carbocycles. The number of alkyl halides is 3. The van der Waals surface area contributed by atoms with Gasteiger partial charge in [-0.1, -0.05) is 47.8 Å². The highest BCUT2D eigenvalue weighted by Gasteiger charge is 2.16. The van der Waals surface area contributed by atoms with Gasteiger partial charge in [-0.25, -0.2) is 17.6 Å². The van der Waals surface area contributed by atoms with Crippen LogP contribution in [0.2, 0.25) is 0 Å². The van der Waals surface area contributed by atoms with Gasteiger partial charge in [0, 0.05) is 27.6 Å². The average Bonchev–Trinajstić information content (AvgIpc) is 3.03. The lowest BCUT2D eigenvalue weighted by Gasteiger charge is -2.09. The summed E-state index contributed by atoms with van der Waals surface area (Å²) >= 11 is 21.8. The number of benzene rings is 4. The van der Waals surface area contributed by atoms with Crippen molar-refractivity contribution >= 4 is 135 Å². The molecule has 15 heteroatoms. The first-order valence-corrected chi connectivity index (χ1v) is 20.4. The number of rotatable bonds is 6. The minimum Gasteiger partial charge on any atom is -0.295 e. The molecule has 0 fully saturated rings. The molecule has 0 radical (unpaired) electrons. The number of hydrogen-bond acceptors (Lipinski definition) is 4. The molecule has 0 spiro atoms. The quantitative estimate of drug-likeness (QED) is 0.110. The maximum absolute atomic E-state index is 13.2. The van der Waals surface area contributed by atoms with E-state index in [1.54, 1.807) is 13.8 Å². The van der Waals surface area contributed by atoms with Crippen molar-refractivity contribution < 1.29 is 36.7 Å². The van der Waals surface area contributed by atoms with Crippen LogP contribution in [0.5, 0.6) is 0 Å². The third-order valence-corrected chi connectivity index (χ3v) is 10.7. The van der Waals surface area contributed by atoms with E-state index in [-0.39, 0.29) is 50.1 Å². The van der Waals surface area contributed by atoms with E-state index in [0.717, 1.165) is 0 Å². The second-order valence-corrected chi connectivity index (χ2v) is 17.6. The minimum absolute atomic E-state index is 0.0480. The molecule has 4 nitrogen and oxygen atoms in total. The Labute approximate surface area is 352 Å². The summed E-state index contributed by atoms with van der Waals surface area (Å²) in [5, 5.41) is 0.478. The lowest BCUT2D eigenvalue weighted by Crippen LogP contribution is -2.00. The molecule has 0 saturated heterocycles. The van der Waals surface area contributed by atoms with Crippen LogP contribution in [0.4, 0.5) is 17.6 Å². The van der Waals surface area contributed by atoms with Crippen LogP contribution in [-0.4, -0.2) is 23.1 Å². The predicted molar refractivity (Wildman–Crippen MR) is 219 cm³/mol. The fourth-order valence-electron chi connectivity index (χ4n) is 4.13. The Balaban J connectivity index is 0.000000341. The topological polar surface area (TPSA) is 68.3 Å². The van der Waals surface area contributed by atoms with Crippen molar-refractivity contribution in [1.29, 1.82) is 0 Å². The van der Waals surface area contributed by atoms with Gasteiger partial charge in [0.2, 0.25) is 0 Å². The Kier molecular flexibility index (Phi) is 20.7. The molecule has 0 bridgehead atoms. The molecule has 0 saturated carbocycles. The maximum atomic E-state index is 13.2. The van der Waals surface area contributed by atoms with E-state index < -0.39 is 0 Å². The smallest absolute Gasteiger partial charge is 0.160 e. The van der Waals surface area contributed by atoms with Gasteiger partial charge < -0.3 is 0 Å². The molecule has 51 heavy (non-hydrogen) atoms. The molecule has 0 atom stereocenters. The Bertz CT molecular complexity index is 1880. The SMILES string of the molecule is CC(=O)c1cc(Br)c(F)cc1C.CC(=O)c1cc(Br)c(F)cc1C.CC(=O)c1cc(Br)c(F)cc1C(Br)Br.CC(=O)c1cc(Br)c(F)cc1CBr. The minimum atomic E-state index is -0.381. The van der Waals surface area contributed by atoms with Crippen LogP contribution in [0.25, 0.3) is 0 Å². The molecule has 0 amide bonds. The zero-order valence-corrected chi connectivity index (χ0v) is 38.8. The number of carbonyl (C=O) groups is 4. The van der Waals surface area contributed by atoms with Crippen molar-refractivity contribution in [3.63, 3.8) is 0 Å². The van der Waals surface area contributed by atoms with Crippen LogP contribution in [0.15, 0.2) is 66.4 Å². The van der Waals surface area contributed by atoms with E-state index >= 15 is 0 Å². The van der Waals surface area contributed by atoms with E-state index in [1.807, 2.05) is 0 Å². The van der Waals surface area contributed by atoms with Crippen LogP contribution >= 0.6 is 112 Å². The summed E-state index contributed by atoms with van der Waals surface area (Å²) < 4.78 is 53.0. The van der Waals surface area contributed by atoms with Gasteiger partial charge in [-0.15, -0.1) is 0 Å². The fourth-order valence-corrected chi connectivity index (χ4v) is 6.72. The first-order chi connectivity index (χ1) is 23.5. The van der Waals surface area contributed by atoms with Crippen LogP contribution in [0.1, 0.15) is 95.1 Å². The Morgan fingerprint density at radius 3 is 1.12 bits per heavy atom. The summed E-state index contributed by atoms with van der Waals surface area (Å²) in [6.45, 7) is 9.27. The molecule has 0 N–H and O–H groups in total. The normalized spacial score (nSPS) is 10.2. The molecular formula is C36H29Br7F4O4. The standard InChI is InChI=1S/C9H6Br3FO.C9H7Br2FO.2C9H8BrFO/c1-4(14)5-2-7(10)8(13)3-6(5)9(11)12;1-5(13)7-3-8(11)9(12)2-6(7)4-10;2*1-5-3-9(11)8(10)4-7(5)6(2)12/h2-3,9H,1H3;2-3H,4H2,1H3;2*3-4H,1-2H3. The zero-order valence-electron chi connectivity index (χ0n) is 27.7. The van der Waals surface area contributed by atoms with E-state index in [4.69, 9.17) is 0 Å². The highest BCUT2D eigenvalue weighted by atomic mass is 79.9. The van der Waals surface area contributed by atoms with Crippen molar-refractivity contribution in [2.45, 2.75) is 50.6 Å². The molecular weight excluding hydrogens is 1130 g/mol. The molecule has 0 aromatic heterocycles. The first kappa shape index (κ1) is 47.7.